The standard InChI is InChI=1S/C59H109NO10/c1-4-7-10-13-16-19-22-25-28-31-34-37-40-43-46-52(63)58(67)60-50(51(62)45-42-39-36-33-30-27-24-21-18-15-12-9-6-3)49-68-59-57(56(66)55(65)53(48-61)69-59)70-54(64)47-44-41-38-35-32-29-26-23-20-17-14-11-8-5-2/h16,19,22,25,42,45,50-53,55-57,59,61-63,65-66H,4-15,17-18,20-21,23-24,26-41,43-44,46-49H2,1-3H3,(H,60,67)/b19-16+,25-22+,45-42+. The van der Waals surface area contributed by atoms with Gasteiger partial charge in [0.15, 0.2) is 12.4 Å². The third-order valence-electron chi connectivity index (χ3n) is 13.8. The molecule has 8 atom stereocenters. The summed E-state index contributed by atoms with van der Waals surface area (Å²) in [6.07, 6.45) is 44.6. The smallest absolute Gasteiger partial charge is 0.306 e. The normalized spacial score (nSPS) is 19.9. The van der Waals surface area contributed by atoms with E-state index in [1.165, 1.54) is 141 Å². The summed E-state index contributed by atoms with van der Waals surface area (Å²) in [6, 6.07) is -1.03. The van der Waals surface area contributed by atoms with Crippen LogP contribution in [-0.2, 0) is 23.8 Å². The van der Waals surface area contributed by atoms with E-state index in [9.17, 15) is 35.1 Å². The van der Waals surface area contributed by atoms with Gasteiger partial charge in [0.25, 0.3) is 0 Å². The van der Waals surface area contributed by atoms with Gasteiger partial charge in [-0.15, -0.1) is 0 Å². The van der Waals surface area contributed by atoms with Crippen LogP contribution in [0, 0.1) is 0 Å². The summed E-state index contributed by atoms with van der Waals surface area (Å²) in [4.78, 5) is 26.4. The molecular formula is C59H109NO10. The van der Waals surface area contributed by atoms with E-state index in [1.54, 1.807) is 6.08 Å². The van der Waals surface area contributed by atoms with Crippen molar-refractivity contribution >= 4 is 11.9 Å². The van der Waals surface area contributed by atoms with Gasteiger partial charge in [-0.1, -0.05) is 243 Å². The second kappa shape index (κ2) is 47.9. The van der Waals surface area contributed by atoms with Crippen LogP contribution in [0.15, 0.2) is 36.5 Å². The largest absolute Gasteiger partial charge is 0.454 e. The van der Waals surface area contributed by atoms with Crippen LogP contribution in [0.4, 0.5) is 0 Å². The summed E-state index contributed by atoms with van der Waals surface area (Å²) in [6.45, 7) is 5.75. The molecule has 1 rings (SSSR count). The Balaban J connectivity index is 2.74. The summed E-state index contributed by atoms with van der Waals surface area (Å²) in [7, 11) is 0. The molecule has 70 heavy (non-hydrogen) atoms. The molecule has 0 aromatic heterocycles. The summed E-state index contributed by atoms with van der Waals surface area (Å²) < 4.78 is 17.6. The van der Waals surface area contributed by atoms with Crippen LogP contribution in [0.5, 0.6) is 0 Å². The van der Waals surface area contributed by atoms with Crippen LogP contribution >= 0.6 is 0 Å². The van der Waals surface area contributed by atoms with Crippen LogP contribution in [0.25, 0.3) is 0 Å². The Bertz CT molecular complexity index is 1280. The quantitative estimate of drug-likeness (QED) is 0.0149. The molecule has 6 N–H and O–H groups in total. The van der Waals surface area contributed by atoms with Gasteiger partial charge in [-0.2, -0.15) is 0 Å². The minimum Gasteiger partial charge on any atom is -0.454 e. The molecule has 1 heterocycles. The van der Waals surface area contributed by atoms with E-state index in [-0.39, 0.29) is 19.4 Å². The van der Waals surface area contributed by atoms with Gasteiger partial charge in [-0.05, 0) is 51.4 Å². The first-order chi connectivity index (χ1) is 34.2. The van der Waals surface area contributed by atoms with Crippen molar-refractivity contribution in [2.45, 2.75) is 314 Å². The molecular weight excluding hydrogens is 883 g/mol. The lowest BCUT2D eigenvalue weighted by molar-refractivity contribution is -0.305. The Morgan fingerprint density at radius 1 is 0.557 bits per heavy atom. The predicted molar refractivity (Wildman–Crippen MR) is 287 cm³/mol. The van der Waals surface area contributed by atoms with Gasteiger partial charge in [0.2, 0.25) is 5.91 Å². The Labute approximate surface area is 428 Å². The second-order valence-electron chi connectivity index (χ2n) is 20.4. The average Bonchev–Trinajstić information content (AvgIpc) is 3.36. The SMILES string of the molecule is CCCCC/C=C/C=C/CCCCCCCC(O)C(=O)NC(COC1OC(CO)C(O)C(O)C1OC(=O)CCCCCCCCCCCCCCCC)C(O)/C=C/CCCCCCCCCCCCC. The number of rotatable bonds is 49. The number of esters is 1. The van der Waals surface area contributed by atoms with Crippen LogP contribution in [-0.4, -0.2) is 99.6 Å². The van der Waals surface area contributed by atoms with Crippen molar-refractivity contribution in [2.75, 3.05) is 13.2 Å². The maximum absolute atomic E-state index is 13.4. The predicted octanol–water partition coefficient (Wildman–Crippen LogP) is 13.1. The van der Waals surface area contributed by atoms with Crippen molar-refractivity contribution in [2.24, 2.45) is 0 Å². The fourth-order valence-corrected chi connectivity index (χ4v) is 9.11. The number of carbonyl (C=O) groups is 2. The summed E-state index contributed by atoms with van der Waals surface area (Å²) in [5.41, 5.74) is 0. The number of aliphatic hydroxyl groups is 5. The molecule has 0 radical (unpaired) electrons. The van der Waals surface area contributed by atoms with Crippen molar-refractivity contribution in [1.29, 1.82) is 0 Å². The van der Waals surface area contributed by atoms with E-state index >= 15 is 0 Å². The zero-order chi connectivity index (χ0) is 51.1. The third kappa shape index (κ3) is 35.9. The minimum atomic E-state index is -1.61. The summed E-state index contributed by atoms with van der Waals surface area (Å²) in [5, 5.41) is 56.8. The first kappa shape index (κ1) is 65.9. The maximum atomic E-state index is 13.4. The lowest BCUT2D eigenvalue weighted by atomic mass is 9.99. The molecule has 0 saturated carbocycles. The lowest BCUT2D eigenvalue weighted by Crippen LogP contribution is -2.61. The lowest BCUT2D eigenvalue weighted by Gasteiger charge is -2.41. The van der Waals surface area contributed by atoms with Gasteiger partial charge >= 0.3 is 5.97 Å². The van der Waals surface area contributed by atoms with E-state index in [4.69, 9.17) is 14.2 Å². The number of allylic oxidation sites excluding steroid dienone is 5. The highest BCUT2D eigenvalue weighted by Gasteiger charge is 2.47. The molecule has 1 aliphatic rings. The molecule has 1 saturated heterocycles. The molecule has 0 aromatic carbocycles. The molecule has 1 amide bonds. The fraction of sp³-hybridized carbons (Fsp3) is 0.864. The van der Waals surface area contributed by atoms with Crippen LogP contribution in [0.3, 0.4) is 0 Å². The average molecular weight is 993 g/mol. The van der Waals surface area contributed by atoms with Crippen molar-refractivity contribution in [3.8, 4) is 0 Å². The van der Waals surface area contributed by atoms with Crippen molar-refractivity contribution < 1.29 is 49.3 Å². The molecule has 8 unspecified atom stereocenters. The number of hydrogen-bond acceptors (Lipinski definition) is 10. The number of hydrogen-bond donors (Lipinski definition) is 6. The van der Waals surface area contributed by atoms with Gasteiger partial charge in [0, 0.05) is 6.42 Å². The zero-order valence-electron chi connectivity index (χ0n) is 45.1. The molecule has 0 aromatic rings. The Morgan fingerprint density at radius 3 is 1.46 bits per heavy atom. The summed E-state index contributed by atoms with van der Waals surface area (Å²) >= 11 is 0. The number of unbranched alkanes of at least 4 members (excludes halogenated alkanes) is 32. The number of aliphatic hydroxyl groups excluding tert-OH is 5. The Kier molecular flexibility index (Phi) is 45.1. The van der Waals surface area contributed by atoms with Gasteiger partial charge in [-0.3, -0.25) is 9.59 Å². The van der Waals surface area contributed by atoms with Gasteiger partial charge < -0.3 is 45.1 Å². The van der Waals surface area contributed by atoms with Crippen molar-refractivity contribution in [3.63, 3.8) is 0 Å². The topological polar surface area (TPSA) is 175 Å². The first-order valence-electron chi connectivity index (χ1n) is 29.3. The van der Waals surface area contributed by atoms with Gasteiger partial charge in [-0.25, -0.2) is 0 Å². The zero-order valence-corrected chi connectivity index (χ0v) is 45.1. The Morgan fingerprint density at radius 2 is 0.971 bits per heavy atom. The molecule has 1 fully saturated rings. The molecule has 1 aliphatic heterocycles. The van der Waals surface area contributed by atoms with Crippen LogP contribution < -0.4 is 5.32 Å². The molecule has 11 heteroatoms. The number of carbonyl (C=O) groups excluding carboxylic acids is 2. The highest BCUT2D eigenvalue weighted by atomic mass is 16.7. The van der Waals surface area contributed by atoms with E-state index < -0.39 is 67.4 Å². The highest BCUT2D eigenvalue weighted by Crippen LogP contribution is 2.26. The van der Waals surface area contributed by atoms with E-state index in [1.807, 2.05) is 6.08 Å². The second-order valence-corrected chi connectivity index (χ2v) is 20.4. The van der Waals surface area contributed by atoms with E-state index in [0.717, 1.165) is 77.0 Å². The molecule has 410 valence electrons. The van der Waals surface area contributed by atoms with Crippen molar-refractivity contribution in [1.82, 2.24) is 5.32 Å². The number of ether oxygens (including phenoxy) is 3. The molecule has 0 aliphatic carbocycles. The van der Waals surface area contributed by atoms with Gasteiger partial charge in [0.1, 0.15) is 24.4 Å². The van der Waals surface area contributed by atoms with Crippen LogP contribution in [0.1, 0.15) is 265 Å². The van der Waals surface area contributed by atoms with E-state index in [2.05, 4.69) is 50.4 Å². The number of nitrogens with one attached hydrogen (secondary N) is 1. The maximum Gasteiger partial charge on any atom is 0.306 e. The molecule has 11 nitrogen and oxygen atoms in total. The minimum absolute atomic E-state index is 0.126. The fourth-order valence-electron chi connectivity index (χ4n) is 9.11. The molecule has 0 spiro atoms. The Hall–Kier alpha value is -2.12. The summed E-state index contributed by atoms with van der Waals surface area (Å²) in [5.74, 6) is -1.20. The third-order valence-corrected chi connectivity index (χ3v) is 13.8. The first-order valence-corrected chi connectivity index (χ1v) is 29.3. The molecule has 0 bridgehead atoms. The van der Waals surface area contributed by atoms with Gasteiger partial charge in [0.05, 0.1) is 25.4 Å². The highest BCUT2D eigenvalue weighted by molar-refractivity contribution is 5.80. The number of amides is 1. The van der Waals surface area contributed by atoms with Crippen LogP contribution in [0.2, 0.25) is 0 Å². The van der Waals surface area contributed by atoms with Crippen molar-refractivity contribution in [3.05, 3.63) is 36.5 Å². The monoisotopic (exact) mass is 992 g/mol. The van der Waals surface area contributed by atoms with E-state index in [0.29, 0.717) is 12.8 Å².